The SMILES string of the molecule is COc1ccc(/C=C\c2cc(OC)c(OC)c(OC)c2)cc1NC(=O)[C@@H](N)CO.C[C@@H]1C[C@H]2[C@@H]3CCC4=CC(=O)C=C[C@]4(C)[C@@]3(F)[C@@H](O)C[C@]2(C)[C@@]1(O)C(=O)COP(=O)(O)O.[Na].[Na]. The van der Waals surface area contributed by atoms with Gasteiger partial charge in [0.05, 0.1) is 46.8 Å². The second-order valence-corrected chi connectivity index (χ2v) is 17.6. The molecule has 9 atom stereocenters. The first-order valence-corrected chi connectivity index (χ1v) is 21.2. The Balaban J connectivity index is 0.000000327. The van der Waals surface area contributed by atoms with E-state index in [2.05, 4.69) is 9.84 Å². The van der Waals surface area contributed by atoms with E-state index in [9.17, 15) is 29.2 Å². The number of carbonyl (C=O) groups is 3. The normalized spacial score (nSPS) is 29.8. The van der Waals surface area contributed by atoms with Crippen LogP contribution in [0.3, 0.4) is 0 Å². The van der Waals surface area contributed by atoms with E-state index in [0.29, 0.717) is 53.5 Å². The minimum atomic E-state index is -4.93. The average Bonchev–Trinajstić information content (AvgIpc) is 3.43. The predicted octanol–water partition coefficient (Wildman–Crippen LogP) is 3.40. The van der Waals surface area contributed by atoms with Crippen LogP contribution in [0.2, 0.25) is 0 Å². The number of hydrogen-bond acceptors (Lipinski definition) is 13. The van der Waals surface area contributed by atoms with Gasteiger partial charge in [-0.25, -0.2) is 8.96 Å². The van der Waals surface area contributed by atoms with E-state index in [1.165, 1.54) is 25.3 Å². The maximum atomic E-state index is 17.0. The molecule has 63 heavy (non-hydrogen) atoms. The molecule has 8 N–H and O–H groups in total. The summed E-state index contributed by atoms with van der Waals surface area (Å²) in [5.74, 6) is -1.28. The van der Waals surface area contributed by atoms with Gasteiger partial charge in [-0.2, -0.15) is 0 Å². The number of rotatable bonds is 13. The molecule has 16 nitrogen and oxygen atoms in total. The summed E-state index contributed by atoms with van der Waals surface area (Å²) >= 11 is 0. The molecule has 0 aliphatic heterocycles. The van der Waals surface area contributed by atoms with Crippen molar-refractivity contribution < 1.29 is 71.9 Å². The Labute approximate surface area is 410 Å². The largest absolute Gasteiger partial charge is 0.495 e. The number of allylic oxidation sites excluding steroid dienone is 4. The van der Waals surface area contributed by atoms with Crippen molar-refractivity contribution in [1.82, 2.24) is 0 Å². The van der Waals surface area contributed by atoms with E-state index in [1.807, 2.05) is 30.4 Å². The number of aliphatic hydroxyl groups excluding tert-OH is 2. The van der Waals surface area contributed by atoms with Gasteiger partial charge in [-0.05, 0) is 92.0 Å². The van der Waals surface area contributed by atoms with Crippen LogP contribution in [0, 0.1) is 28.6 Å². The second kappa shape index (κ2) is 21.5. The van der Waals surface area contributed by atoms with Gasteiger partial charge in [0.15, 0.2) is 28.7 Å². The molecule has 2 aromatic carbocycles. The maximum absolute atomic E-state index is 17.0. The fourth-order valence-electron chi connectivity index (χ4n) is 10.0. The summed E-state index contributed by atoms with van der Waals surface area (Å²) in [7, 11) is 1.23. The molecule has 1 amide bonds. The van der Waals surface area contributed by atoms with Crippen LogP contribution in [0.4, 0.5) is 10.1 Å². The minimum Gasteiger partial charge on any atom is -0.495 e. The van der Waals surface area contributed by atoms with Gasteiger partial charge in [0.1, 0.15) is 24.0 Å². The number of aliphatic hydroxyl groups is 3. The number of amides is 1. The zero-order valence-corrected chi connectivity index (χ0v) is 42.1. The second-order valence-electron chi connectivity index (χ2n) is 16.4. The van der Waals surface area contributed by atoms with Gasteiger partial charge in [-0.1, -0.05) is 43.7 Å². The first-order chi connectivity index (χ1) is 28.6. The molecule has 0 saturated heterocycles. The van der Waals surface area contributed by atoms with Gasteiger partial charge in [0.25, 0.3) is 0 Å². The molecule has 0 spiro atoms. The molecule has 20 heteroatoms. The predicted molar refractivity (Wildman–Crippen MR) is 234 cm³/mol. The number of carbonyl (C=O) groups excluding carboxylic acids is 3. The van der Waals surface area contributed by atoms with Crippen molar-refractivity contribution in [2.45, 2.75) is 69.9 Å². The van der Waals surface area contributed by atoms with Crippen molar-refractivity contribution in [3.63, 3.8) is 0 Å². The number of anilines is 1. The molecule has 2 aromatic rings. The zero-order chi connectivity index (χ0) is 45.3. The molecule has 4 aliphatic carbocycles. The van der Waals surface area contributed by atoms with Gasteiger partial charge >= 0.3 is 7.82 Å². The fraction of sp³-hybridized carbons (Fsp3) is 0.512. The summed E-state index contributed by atoms with van der Waals surface area (Å²) < 4.78 is 53.8. The minimum absolute atomic E-state index is 0. The van der Waals surface area contributed by atoms with Crippen LogP contribution in [0.5, 0.6) is 23.0 Å². The van der Waals surface area contributed by atoms with Crippen LogP contribution in [0.1, 0.15) is 57.6 Å². The van der Waals surface area contributed by atoms with Crippen LogP contribution in [0.25, 0.3) is 12.2 Å². The number of ketones is 2. The van der Waals surface area contributed by atoms with Crippen molar-refractivity contribution in [3.8, 4) is 23.0 Å². The number of phosphoric acid groups is 1. The molecule has 0 aromatic heterocycles. The maximum Gasteiger partial charge on any atom is 0.470 e. The molecule has 336 valence electrons. The van der Waals surface area contributed by atoms with Gasteiger partial charge in [-0.15, -0.1) is 0 Å². The summed E-state index contributed by atoms with van der Waals surface area (Å²) in [4.78, 5) is 54.8. The summed E-state index contributed by atoms with van der Waals surface area (Å²) in [5, 5.41) is 34.5. The quantitative estimate of drug-likeness (QED) is 0.0864. The number of fused-ring (bicyclic) bond motifs is 5. The van der Waals surface area contributed by atoms with E-state index in [4.69, 9.17) is 39.6 Å². The molecule has 0 unspecified atom stereocenters. The number of methoxy groups -OCH3 is 4. The zero-order valence-electron chi connectivity index (χ0n) is 37.2. The van der Waals surface area contributed by atoms with Crippen LogP contribution in [0.15, 0.2) is 54.1 Å². The summed E-state index contributed by atoms with van der Waals surface area (Å²) in [6.07, 6.45) is 7.43. The Hall–Kier alpha value is -2.45. The third kappa shape index (κ3) is 10.4. The van der Waals surface area contributed by atoms with E-state index >= 15 is 4.39 Å². The number of nitrogens with two attached hydrogens (primary N) is 1. The van der Waals surface area contributed by atoms with E-state index in [0.717, 1.165) is 11.1 Å². The number of alkyl halides is 1. The van der Waals surface area contributed by atoms with E-state index < -0.39 is 84.7 Å². The van der Waals surface area contributed by atoms with Gasteiger partial charge in [0.2, 0.25) is 11.7 Å². The Morgan fingerprint density at radius 2 is 1.59 bits per heavy atom. The first-order valence-electron chi connectivity index (χ1n) is 19.7. The van der Waals surface area contributed by atoms with Gasteiger partial charge < -0.3 is 55.1 Å². The summed E-state index contributed by atoms with van der Waals surface area (Å²) in [6, 6.07) is 7.95. The molecular formula is C43H56FN2Na2O14P. The molecule has 4 aliphatic rings. The third-order valence-corrected chi connectivity index (χ3v) is 13.6. The van der Waals surface area contributed by atoms with Gasteiger partial charge in [-0.3, -0.25) is 18.9 Å². The summed E-state index contributed by atoms with van der Waals surface area (Å²) in [5.41, 5.74) is 1.78. The standard InChI is InChI=1S/C22H30FO8P.C21H26N2O6.2Na/c1-12-8-16-15-5-4-13-9-14(24)6-7-19(13,2)21(15,23)17(25)10-20(16,3)22(12,27)18(26)11-31-32(28,29)30;1-26-17-8-7-13(9-16(17)23-21(25)15(22)12-24)5-6-14-10-18(27-2)20(29-4)19(11-14)28-3;;/h6-7,9,12,15-17,25,27H,4-5,8,10-11H2,1-3H3,(H2,28,29,30);5-11,15,24H,12,22H2,1-4H3,(H,23,25);;/b;6-5-;;/t12-,15+,16+,17+,19+,20+,21+,22+;15-;;/m10../s1. The van der Waals surface area contributed by atoms with Crippen molar-refractivity contribution in [2.24, 2.45) is 34.3 Å². The smallest absolute Gasteiger partial charge is 0.470 e. The third-order valence-electron chi connectivity index (χ3n) is 13.2. The number of benzene rings is 2. The average molecular weight is 921 g/mol. The Kier molecular flexibility index (Phi) is 18.7. The number of hydrogen-bond donors (Lipinski definition) is 7. The Morgan fingerprint density at radius 3 is 2.14 bits per heavy atom. The number of phosphoric ester groups is 1. The molecule has 0 bridgehead atoms. The van der Waals surface area contributed by atoms with Crippen molar-refractivity contribution >= 4 is 102 Å². The van der Waals surface area contributed by atoms with Crippen LogP contribution < -0.4 is 30.0 Å². The Morgan fingerprint density at radius 1 is 0.984 bits per heavy atom. The number of halogens is 1. The van der Waals surface area contributed by atoms with Crippen LogP contribution in [-0.4, -0.2) is 167 Å². The van der Waals surface area contributed by atoms with Gasteiger partial charge in [0, 0.05) is 75.9 Å². The van der Waals surface area contributed by atoms with Crippen molar-refractivity contribution in [2.75, 3.05) is 47.0 Å². The van der Waals surface area contributed by atoms with E-state index in [1.54, 1.807) is 54.2 Å². The van der Waals surface area contributed by atoms with Crippen molar-refractivity contribution in [3.05, 3.63) is 65.3 Å². The topological polar surface area (TPSA) is 254 Å². The first kappa shape index (κ1) is 54.9. The molecule has 2 radical (unpaired) electrons. The number of nitrogens with one attached hydrogen (secondary N) is 1. The fourth-order valence-corrected chi connectivity index (χ4v) is 10.3. The molecule has 0 heterocycles. The van der Waals surface area contributed by atoms with Crippen LogP contribution >= 0.6 is 7.82 Å². The monoisotopic (exact) mass is 920 g/mol. The summed E-state index contributed by atoms with van der Waals surface area (Å²) in [6.45, 7) is 3.55. The van der Waals surface area contributed by atoms with Crippen molar-refractivity contribution in [1.29, 1.82) is 0 Å². The number of ether oxygens (including phenoxy) is 4. The van der Waals surface area contributed by atoms with E-state index in [-0.39, 0.29) is 71.3 Å². The molecular weight excluding hydrogens is 864 g/mol. The molecule has 3 saturated carbocycles. The van der Waals surface area contributed by atoms with Crippen LogP contribution in [-0.2, 0) is 23.5 Å². The molecule has 3 fully saturated rings. The Bertz CT molecular complexity index is 2150. The molecule has 6 rings (SSSR count). The number of Topliss-reactive ketones (excluding diaryl/α,β-unsaturated/α-hetero) is 1.